The molecule has 7 nitrogen and oxygen atoms in total. The Morgan fingerprint density at radius 2 is 1.54 bits per heavy atom. The number of piperidine rings is 3. The molecule has 0 radical (unpaired) electrons. The Bertz CT molecular complexity index is 1020. The third-order valence-corrected chi connectivity index (χ3v) is 9.25. The number of amides is 1. The summed E-state index contributed by atoms with van der Waals surface area (Å²) in [7, 11) is 0. The Morgan fingerprint density at radius 1 is 0.946 bits per heavy atom. The predicted octanol–water partition coefficient (Wildman–Crippen LogP) is 3.81. The van der Waals surface area contributed by atoms with Crippen molar-refractivity contribution in [2.45, 2.75) is 83.5 Å². The number of carbonyl (C=O) groups excluding carboxylic acids is 1. The maximum absolute atomic E-state index is 13.3. The van der Waals surface area contributed by atoms with Gasteiger partial charge < -0.3 is 10.2 Å². The zero-order valence-corrected chi connectivity index (χ0v) is 23.0. The number of hydrogen-bond acceptors (Lipinski definition) is 6. The van der Waals surface area contributed by atoms with E-state index >= 15 is 0 Å². The molecule has 3 aliphatic rings. The van der Waals surface area contributed by atoms with Crippen LogP contribution in [0.15, 0.2) is 36.7 Å². The highest BCUT2D eigenvalue weighted by Crippen LogP contribution is 2.34. The van der Waals surface area contributed by atoms with E-state index in [-0.39, 0.29) is 11.4 Å². The summed E-state index contributed by atoms with van der Waals surface area (Å²) in [6.45, 7) is 13.5. The minimum Gasteiger partial charge on any atom is -0.338 e. The molecule has 1 N–H and O–H groups in total. The van der Waals surface area contributed by atoms with Crippen LogP contribution >= 0.6 is 0 Å². The molecule has 0 saturated carbocycles. The number of likely N-dealkylation sites (tertiary alicyclic amines) is 2. The molecule has 1 aromatic carbocycles. The first-order chi connectivity index (χ1) is 17.9. The lowest BCUT2D eigenvalue weighted by Crippen LogP contribution is -2.59. The van der Waals surface area contributed by atoms with E-state index in [0.717, 1.165) is 70.0 Å². The molecule has 0 aliphatic carbocycles. The molecule has 200 valence electrons. The topological polar surface area (TPSA) is 64.6 Å². The van der Waals surface area contributed by atoms with E-state index in [0.29, 0.717) is 17.6 Å². The standard InChI is InChI=1S/C30H44N6O/c1-23-28(24(2)33-22-32-23)29(37)34-19-13-30(3,14-20-34)35-17-11-27(12-18-35)36(26-9-15-31-16-10-26)21-25-7-5-4-6-8-25/h4-8,22,26-27,31H,9-21H2,1-3H3. The summed E-state index contributed by atoms with van der Waals surface area (Å²) in [5.74, 6) is 0.0925. The molecule has 0 atom stereocenters. The average Bonchev–Trinajstić information content (AvgIpc) is 2.93. The molecular weight excluding hydrogens is 460 g/mol. The molecule has 3 fully saturated rings. The molecule has 1 amide bonds. The predicted molar refractivity (Wildman–Crippen MR) is 148 cm³/mol. The number of aromatic nitrogens is 2. The van der Waals surface area contributed by atoms with Gasteiger partial charge in [-0.15, -0.1) is 0 Å². The first-order valence-electron chi connectivity index (χ1n) is 14.3. The molecule has 3 aliphatic heterocycles. The van der Waals surface area contributed by atoms with Crippen molar-refractivity contribution >= 4 is 5.91 Å². The van der Waals surface area contributed by atoms with Crippen molar-refractivity contribution in [2.24, 2.45) is 0 Å². The van der Waals surface area contributed by atoms with Crippen LogP contribution in [0.2, 0.25) is 0 Å². The molecule has 0 bridgehead atoms. The van der Waals surface area contributed by atoms with Crippen molar-refractivity contribution in [3.63, 3.8) is 0 Å². The van der Waals surface area contributed by atoms with E-state index in [9.17, 15) is 4.79 Å². The number of benzene rings is 1. The highest BCUT2D eigenvalue weighted by Gasteiger charge is 2.40. The van der Waals surface area contributed by atoms with Crippen molar-refractivity contribution in [3.05, 3.63) is 59.2 Å². The second kappa shape index (κ2) is 11.6. The number of rotatable bonds is 6. The third kappa shape index (κ3) is 5.89. The van der Waals surface area contributed by atoms with Crippen molar-refractivity contribution in [3.8, 4) is 0 Å². The zero-order valence-electron chi connectivity index (χ0n) is 23.0. The van der Waals surface area contributed by atoms with E-state index in [1.165, 1.54) is 31.2 Å². The summed E-state index contributed by atoms with van der Waals surface area (Å²) < 4.78 is 0. The Kier molecular flexibility index (Phi) is 8.22. The summed E-state index contributed by atoms with van der Waals surface area (Å²) in [4.78, 5) is 29.4. The minimum atomic E-state index is 0.0925. The molecule has 3 saturated heterocycles. The highest BCUT2D eigenvalue weighted by atomic mass is 16.2. The van der Waals surface area contributed by atoms with Gasteiger partial charge in [-0.05, 0) is 77.9 Å². The smallest absolute Gasteiger partial charge is 0.257 e. The molecular formula is C30H44N6O. The van der Waals surface area contributed by atoms with Gasteiger partial charge in [0.15, 0.2) is 0 Å². The Morgan fingerprint density at radius 3 is 2.16 bits per heavy atom. The van der Waals surface area contributed by atoms with E-state index in [4.69, 9.17) is 0 Å². The van der Waals surface area contributed by atoms with Crippen LogP contribution < -0.4 is 5.32 Å². The van der Waals surface area contributed by atoms with E-state index in [1.807, 2.05) is 18.7 Å². The van der Waals surface area contributed by atoms with Crippen molar-refractivity contribution < 1.29 is 4.79 Å². The average molecular weight is 505 g/mol. The molecule has 4 heterocycles. The van der Waals surface area contributed by atoms with E-state index < -0.39 is 0 Å². The lowest BCUT2D eigenvalue weighted by atomic mass is 9.84. The van der Waals surface area contributed by atoms with Crippen LogP contribution in [0.4, 0.5) is 0 Å². The summed E-state index contributed by atoms with van der Waals surface area (Å²) in [6, 6.07) is 12.3. The van der Waals surface area contributed by atoms with Crippen LogP contribution in [0.3, 0.4) is 0 Å². The number of nitrogens with one attached hydrogen (secondary N) is 1. The highest BCUT2D eigenvalue weighted by molar-refractivity contribution is 5.96. The Balaban J connectivity index is 1.19. The van der Waals surface area contributed by atoms with E-state index in [1.54, 1.807) is 6.33 Å². The third-order valence-electron chi connectivity index (χ3n) is 9.25. The van der Waals surface area contributed by atoms with Crippen LogP contribution in [0.5, 0.6) is 0 Å². The largest absolute Gasteiger partial charge is 0.338 e. The van der Waals surface area contributed by atoms with Gasteiger partial charge in [-0.3, -0.25) is 14.6 Å². The van der Waals surface area contributed by atoms with Crippen LogP contribution in [-0.4, -0.2) is 87.5 Å². The van der Waals surface area contributed by atoms with Crippen molar-refractivity contribution in [2.75, 3.05) is 39.3 Å². The Hall–Kier alpha value is -2.35. The second-order valence-corrected chi connectivity index (χ2v) is 11.6. The van der Waals surface area contributed by atoms with Gasteiger partial charge in [-0.2, -0.15) is 0 Å². The van der Waals surface area contributed by atoms with Gasteiger partial charge in [0.25, 0.3) is 5.91 Å². The molecule has 5 rings (SSSR count). The van der Waals surface area contributed by atoms with E-state index in [2.05, 4.69) is 62.3 Å². The SMILES string of the molecule is Cc1ncnc(C)c1C(=O)N1CCC(C)(N2CCC(N(Cc3ccccc3)C3CCNCC3)CC2)CC1. The van der Waals surface area contributed by atoms with Gasteiger partial charge in [0.2, 0.25) is 0 Å². The molecule has 37 heavy (non-hydrogen) atoms. The minimum absolute atomic E-state index is 0.0925. The summed E-state index contributed by atoms with van der Waals surface area (Å²) in [6.07, 6.45) is 8.56. The van der Waals surface area contributed by atoms with Gasteiger partial charge in [0.05, 0.1) is 17.0 Å². The normalized spacial score (nSPS) is 21.9. The van der Waals surface area contributed by atoms with Crippen LogP contribution in [-0.2, 0) is 6.54 Å². The maximum atomic E-state index is 13.3. The van der Waals surface area contributed by atoms with Crippen molar-refractivity contribution in [1.29, 1.82) is 0 Å². The zero-order chi connectivity index (χ0) is 25.8. The van der Waals surface area contributed by atoms with Gasteiger partial charge >= 0.3 is 0 Å². The lowest BCUT2D eigenvalue weighted by molar-refractivity contribution is -0.0100. The summed E-state index contributed by atoms with van der Waals surface area (Å²) in [5.41, 5.74) is 3.84. The number of nitrogens with zero attached hydrogens (tertiary/aromatic N) is 5. The second-order valence-electron chi connectivity index (χ2n) is 11.6. The summed E-state index contributed by atoms with van der Waals surface area (Å²) in [5, 5.41) is 3.55. The first-order valence-corrected chi connectivity index (χ1v) is 14.3. The molecule has 0 unspecified atom stereocenters. The molecule has 1 aromatic heterocycles. The molecule has 0 spiro atoms. The summed E-state index contributed by atoms with van der Waals surface area (Å²) >= 11 is 0. The van der Waals surface area contributed by atoms with Gasteiger partial charge in [0, 0.05) is 50.3 Å². The fourth-order valence-corrected chi connectivity index (χ4v) is 6.79. The monoisotopic (exact) mass is 504 g/mol. The molecule has 2 aromatic rings. The van der Waals surface area contributed by atoms with Crippen LogP contribution in [0, 0.1) is 13.8 Å². The van der Waals surface area contributed by atoms with Crippen LogP contribution in [0.1, 0.15) is 72.8 Å². The quantitative estimate of drug-likeness (QED) is 0.646. The fraction of sp³-hybridized carbons (Fsp3) is 0.633. The lowest BCUT2D eigenvalue weighted by Gasteiger charge is -2.51. The fourth-order valence-electron chi connectivity index (χ4n) is 6.79. The first kappa shape index (κ1) is 26.3. The molecule has 7 heteroatoms. The Labute approximate surface area is 222 Å². The van der Waals surface area contributed by atoms with Crippen LogP contribution in [0.25, 0.3) is 0 Å². The van der Waals surface area contributed by atoms with Gasteiger partial charge in [0.1, 0.15) is 6.33 Å². The number of aryl methyl sites for hydroxylation is 2. The van der Waals surface area contributed by atoms with Gasteiger partial charge in [-0.25, -0.2) is 9.97 Å². The number of hydrogen-bond donors (Lipinski definition) is 1. The van der Waals surface area contributed by atoms with Gasteiger partial charge in [-0.1, -0.05) is 30.3 Å². The number of carbonyl (C=O) groups is 1. The maximum Gasteiger partial charge on any atom is 0.257 e. The van der Waals surface area contributed by atoms with Crippen molar-refractivity contribution in [1.82, 2.24) is 30.0 Å².